The molecular formula is C13H13N3. The van der Waals surface area contributed by atoms with Crippen LogP contribution in [0.3, 0.4) is 0 Å². The van der Waals surface area contributed by atoms with Gasteiger partial charge in [-0.2, -0.15) is 5.10 Å². The van der Waals surface area contributed by atoms with Gasteiger partial charge in [0, 0.05) is 19.3 Å². The van der Waals surface area contributed by atoms with Gasteiger partial charge in [-0.25, -0.2) is 0 Å². The third-order valence-electron chi connectivity index (χ3n) is 2.82. The highest BCUT2D eigenvalue weighted by molar-refractivity contribution is 5.81. The van der Waals surface area contributed by atoms with Crippen LogP contribution in [0.1, 0.15) is 5.69 Å². The summed E-state index contributed by atoms with van der Waals surface area (Å²) in [6.07, 6.45) is 2.08. The van der Waals surface area contributed by atoms with Crippen LogP contribution in [0, 0.1) is 6.92 Å². The summed E-state index contributed by atoms with van der Waals surface area (Å²) >= 11 is 0. The summed E-state index contributed by atoms with van der Waals surface area (Å²) in [6, 6.07) is 12.6. The minimum absolute atomic E-state index is 1.04. The summed E-state index contributed by atoms with van der Waals surface area (Å²) in [7, 11) is 1.97. The molecule has 3 nitrogen and oxygen atoms in total. The predicted octanol–water partition coefficient (Wildman–Crippen LogP) is 2.67. The van der Waals surface area contributed by atoms with Gasteiger partial charge in [-0.15, -0.1) is 0 Å². The zero-order valence-electron chi connectivity index (χ0n) is 9.38. The Labute approximate surface area is 93.9 Å². The molecule has 16 heavy (non-hydrogen) atoms. The van der Waals surface area contributed by atoms with E-state index in [2.05, 4.69) is 52.3 Å². The zero-order valence-corrected chi connectivity index (χ0v) is 9.38. The molecule has 0 amide bonds. The predicted molar refractivity (Wildman–Crippen MR) is 64.8 cm³/mol. The number of nitrogens with zero attached hydrogens (tertiary/aromatic N) is 3. The van der Waals surface area contributed by atoms with Gasteiger partial charge in [0.2, 0.25) is 0 Å². The molecule has 0 spiro atoms. The molecule has 0 aliphatic heterocycles. The zero-order chi connectivity index (χ0) is 11.1. The highest BCUT2D eigenvalue weighted by Crippen LogP contribution is 2.20. The molecule has 80 valence electrons. The van der Waals surface area contributed by atoms with Gasteiger partial charge in [-0.05, 0) is 24.4 Å². The van der Waals surface area contributed by atoms with Crippen molar-refractivity contribution in [1.29, 1.82) is 0 Å². The van der Waals surface area contributed by atoms with E-state index in [1.54, 1.807) is 0 Å². The molecule has 3 heteroatoms. The summed E-state index contributed by atoms with van der Waals surface area (Å²) < 4.78 is 4.07. The second-order valence-corrected chi connectivity index (χ2v) is 4.01. The normalized spacial score (nSPS) is 11.1. The summed E-state index contributed by atoms with van der Waals surface area (Å²) in [6.45, 7) is 2.01. The van der Waals surface area contributed by atoms with Crippen molar-refractivity contribution in [2.75, 3.05) is 0 Å². The maximum absolute atomic E-state index is 4.37. The van der Waals surface area contributed by atoms with E-state index < -0.39 is 0 Å². The monoisotopic (exact) mass is 211 g/mol. The Bertz CT molecular complexity index is 646. The molecule has 0 aliphatic carbocycles. The first-order valence-corrected chi connectivity index (χ1v) is 5.33. The van der Waals surface area contributed by atoms with Crippen molar-refractivity contribution in [2.24, 2.45) is 7.05 Å². The van der Waals surface area contributed by atoms with E-state index in [0.717, 1.165) is 11.5 Å². The lowest BCUT2D eigenvalue weighted by Crippen LogP contribution is -2.01. The summed E-state index contributed by atoms with van der Waals surface area (Å²) in [5, 5.41) is 5.62. The van der Waals surface area contributed by atoms with Crippen molar-refractivity contribution in [2.45, 2.75) is 6.92 Å². The van der Waals surface area contributed by atoms with E-state index >= 15 is 0 Å². The van der Waals surface area contributed by atoms with Crippen molar-refractivity contribution < 1.29 is 0 Å². The second-order valence-electron chi connectivity index (χ2n) is 4.01. The average molecular weight is 211 g/mol. The van der Waals surface area contributed by atoms with Crippen molar-refractivity contribution in [1.82, 2.24) is 14.3 Å². The Morgan fingerprint density at radius 2 is 1.94 bits per heavy atom. The molecular weight excluding hydrogens is 198 g/mol. The second kappa shape index (κ2) is 3.23. The molecule has 0 bridgehead atoms. The number of hydrogen-bond acceptors (Lipinski definition) is 1. The van der Waals surface area contributed by atoms with Gasteiger partial charge in [0.1, 0.15) is 5.82 Å². The first-order valence-electron chi connectivity index (χ1n) is 5.33. The topological polar surface area (TPSA) is 22.8 Å². The highest BCUT2D eigenvalue weighted by atomic mass is 15.3. The van der Waals surface area contributed by atoms with Crippen LogP contribution >= 0.6 is 0 Å². The smallest absolute Gasteiger partial charge is 0.135 e. The van der Waals surface area contributed by atoms with Gasteiger partial charge in [0.05, 0.1) is 11.2 Å². The maximum Gasteiger partial charge on any atom is 0.135 e. The Hall–Kier alpha value is -2.03. The molecule has 0 unspecified atom stereocenters. The van der Waals surface area contributed by atoms with E-state index in [1.807, 2.05) is 18.7 Å². The number of rotatable bonds is 1. The number of para-hydroxylation sites is 1. The summed E-state index contributed by atoms with van der Waals surface area (Å²) in [5.41, 5.74) is 2.25. The Kier molecular flexibility index (Phi) is 1.86. The van der Waals surface area contributed by atoms with Crippen LogP contribution in [0.25, 0.3) is 16.7 Å². The lowest BCUT2D eigenvalue weighted by molar-refractivity contribution is 0.728. The van der Waals surface area contributed by atoms with E-state index in [4.69, 9.17) is 0 Å². The van der Waals surface area contributed by atoms with Crippen LogP contribution in [-0.2, 0) is 7.05 Å². The maximum atomic E-state index is 4.37. The molecule has 1 aromatic carbocycles. The van der Waals surface area contributed by atoms with Crippen LogP contribution < -0.4 is 0 Å². The van der Waals surface area contributed by atoms with Crippen LogP contribution in [0.15, 0.2) is 42.6 Å². The third kappa shape index (κ3) is 1.25. The minimum atomic E-state index is 1.04. The molecule has 0 atom stereocenters. The molecule has 3 rings (SSSR count). The van der Waals surface area contributed by atoms with Crippen molar-refractivity contribution in [3.8, 4) is 5.82 Å². The molecule has 3 aromatic rings. The Balaban J connectivity index is 2.30. The van der Waals surface area contributed by atoms with Gasteiger partial charge in [0.15, 0.2) is 0 Å². The van der Waals surface area contributed by atoms with Crippen LogP contribution in [0.4, 0.5) is 0 Å². The molecule has 0 saturated carbocycles. The van der Waals surface area contributed by atoms with E-state index in [1.165, 1.54) is 10.9 Å². The molecule has 0 radical (unpaired) electrons. The summed E-state index contributed by atoms with van der Waals surface area (Å²) in [4.78, 5) is 0. The quantitative estimate of drug-likeness (QED) is 0.606. The summed E-state index contributed by atoms with van der Waals surface area (Å²) in [5.74, 6) is 1.10. The molecule has 2 heterocycles. The number of aryl methyl sites for hydroxylation is 2. The lowest BCUT2D eigenvalue weighted by Gasteiger charge is -2.04. The van der Waals surface area contributed by atoms with Crippen LogP contribution in [0.5, 0.6) is 0 Å². The van der Waals surface area contributed by atoms with E-state index in [-0.39, 0.29) is 0 Å². The van der Waals surface area contributed by atoms with Crippen molar-refractivity contribution in [3.05, 3.63) is 48.3 Å². The number of hydrogen-bond donors (Lipinski definition) is 0. The largest absolute Gasteiger partial charge is 0.301 e. The minimum Gasteiger partial charge on any atom is -0.301 e. The SMILES string of the molecule is Cc1cc(-n2ccc3ccccc32)n(C)n1. The molecule has 0 saturated heterocycles. The highest BCUT2D eigenvalue weighted by Gasteiger charge is 2.06. The van der Waals surface area contributed by atoms with Crippen molar-refractivity contribution >= 4 is 10.9 Å². The van der Waals surface area contributed by atoms with Gasteiger partial charge >= 0.3 is 0 Å². The third-order valence-corrected chi connectivity index (χ3v) is 2.82. The van der Waals surface area contributed by atoms with Crippen LogP contribution in [0.2, 0.25) is 0 Å². The fourth-order valence-electron chi connectivity index (χ4n) is 2.11. The molecule has 2 aromatic heterocycles. The molecule has 0 fully saturated rings. The average Bonchev–Trinajstić information content (AvgIpc) is 2.81. The standard InChI is InChI=1S/C13H13N3/c1-10-9-13(15(2)14-10)16-8-7-11-5-3-4-6-12(11)16/h3-9H,1-2H3. The van der Waals surface area contributed by atoms with Gasteiger partial charge in [-0.3, -0.25) is 4.68 Å². The molecule has 0 N–H and O–H groups in total. The van der Waals surface area contributed by atoms with Gasteiger partial charge in [-0.1, -0.05) is 18.2 Å². The fourth-order valence-corrected chi connectivity index (χ4v) is 2.11. The number of aromatic nitrogens is 3. The Morgan fingerprint density at radius 1 is 1.12 bits per heavy atom. The van der Waals surface area contributed by atoms with Gasteiger partial charge in [0.25, 0.3) is 0 Å². The van der Waals surface area contributed by atoms with E-state index in [0.29, 0.717) is 0 Å². The van der Waals surface area contributed by atoms with Crippen LogP contribution in [-0.4, -0.2) is 14.3 Å². The molecule has 0 aliphatic rings. The van der Waals surface area contributed by atoms with E-state index in [9.17, 15) is 0 Å². The van der Waals surface area contributed by atoms with Gasteiger partial charge < -0.3 is 4.57 Å². The first kappa shape index (κ1) is 9.21. The lowest BCUT2D eigenvalue weighted by atomic mass is 10.2. The number of benzene rings is 1. The number of fused-ring (bicyclic) bond motifs is 1. The first-order chi connectivity index (χ1) is 7.75. The fraction of sp³-hybridized carbons (Fsp3) is 0.154. The van der Waals surface area contributed by atoms with Crippen molar-refractivity contribution in [3.63, 3.8) is 0 Å². The Morgan fingerprint density at radius 3 is 2.69 bits per heavy atom.